The maximum absolute atomic E-state index is 13.5. The molecule has 4 rings (SSSR count). The molecule has 1 aliphatic carbocycles. The van der Waals surface area contributed by atoms with Crippen molar-refractivity contribution in [1.82, 2.24) is 0 Å². The average Bonchev–Trinajstić information content (AvgIpc) is 2.96. The Hall–Kier alpha value is -2.09. The van der Waals surface area contributed by atoms with E-state index in [2.05, 4.69) is 35.7 Å². The van der Waals surface area contributed by atoms with Gasteiger partial charge in [-0.3, -0.25) is 0 Å². The topological polar surface area (TPSA) is 12.0 Å². The summed E-state index contributed by atoms with van der Waals surface area (Å²) in [7, 11) is 0. The number of halogens is 1. The molecule has 0 amide bonds. The van der Waals surface area contributed by atoms with Crippen LogP contribution in [0.15, 0.2) is 60.7 Å². The molecule has 1 heterocycles. The zero-order valence-corrected chi connectivity index (χ0v) is 11.1. The molecule has 0 saturated carbocycles. The molecule has 0 bridgehead atoms. The normalized spacial score (nSPS) is 26.8. The minimum atomic E-state index is -0.161. The highest BCUT2D eigenvalue weighted by Gasteiger charge is 2.37. The van der Waals surface area contributed by atoms with E-state index in [4.69, 9.17) is 0 Å². The van der Waals surface area contributed by atoms with E-state index in [9.17, 15) is 4.39 Å². The lowest BCUT2D eigenvalue weighted by Gasteiger charge is -2.37. The molecule has 100 valence electrons. The van der Waals surface area contributed by atoms with Crippen LogP contribution in [-0.2, 0) is 0 Å². The van der Waals surface area contributed by atoms with Crippen LogP contribution in [0.3, 0.4) is 0 Å². The third-order valence-corrected chi connectivity index (χ3v) is 4.48. The second kappa shape index (κ2) is 4.48. The van der Waals surface area contributed by atoms with Crippen LogP contribution in [0.5, 0.6) is 0 Å². The molecule has 20 heavy (non-hydrogen) atoms. The van der Waals surface area contributed by atoms with Crippen molar-refractivity contribution in [1.29, 1.82) is 0 Å². The summed E-state index contributed by atoms with van der Waals surface area (Å²) in [6.07, 6.45) is 5.61. The number of anilines is 1. The second-order valence-corrected chi connectivity index (χ2v) is 5.62. The van der Waals surface area contributed by atoms with Crippen LogP contribution >= 0.6 is 0 Å². The first-order valence-corrected chi connectivity index (χ1v) is 7.10. The Labute approximate surface area is 118 Å². The van der Waals surface area contributed by atoms with Gasteiger partial charge in [-0.05, 0) is 41.7 Å². The third-order valence-electron chi connectivity index (χ3n) is 4.48. The van der Waals surface area contributed by atoms with Gasteiger partial charge in [-0.15, -0.1) is 0 Å². The number of fused-ring (bicyclic) bond motifs is 3. The highest BCUT2D eigenvalue weighted by atomic mass is 19.1. The Bertz CT molecular complexity index is 677. The Morgan fingerprint density at radius 1 is 1.05 bits per heavy atom. The molecular formula is C18H16FN. The van der Waals surface area contributed by atoms with E-state index in [1.807, 2.05) is 12.1 Å². The number of benzene rings is 2. The standard InChI is InChI=1S/C18H16FN/c19-13-6-3-5-12(11-13)18-16-9-4-8-14(16)15-7-1-2-10-17(15)20-18/h1-8,10-11,14,16,18,20H,9H2/t14-,16+,18+/m1/s1. The van der Waals surface area contributed by atoms with Crippen molar-refractivity contribution >= 4 is 5.69 Å². The van der Waals surface area contributed by atoms with Gasteiger partial charge < -0.3 is 5.32 Å². The maximum atomic E-state index is 13.5. The van der Waals surface area contributed by atoms with Crippen LogP contribution in [0.25, 0.3) is 0 Å². The van der Waals surface area contributed by atoms with E-state index in [0.717, 1.165) is 12.0 Å². The van der Waals surface area contributed by atoms with Crippen LogP contribution in [0.1, 0.15) is 29.5 Å². The molecule has 0 aromatic heterocycles. The smallest absolute Gasteiger partial charge is 0.123 e. The molecule has 0 fully saturated rings. The lowest BCUT2D eigenvalue weighted by molar-refractivity contribution is 0.424. The van der Waals surface area contributed by atoms with Crippen molar-refractivity contribution in [2.45, 2.75) is 18.4 Å². The summed E-state index contributed by atoms with van der Waals surface area (Å²) in [6.45, 7) is 0. The number of nitrogens with one attached hydrogen (secondary N) is 1. The molecule has 3 atom stereocenters. The largest absolute Gasteiger partial charge is 0.378 e. The maximum Gasteiger partial charge on any atom is 0.123 e. The number of hydrogen-bond acceptors (Lipinski definition) is 1. The summed E-state index contributed by atoms with van der Waals surface area (Å²) >= 11 is 0. The fourth-order valence-electron chi connectivity index (χ4n) is 3.57. The highest BCUT2D eigenvalue weighted by Crippen LogP contribution is 2.49. The summed E-state index contributed by atoms with van der Waals surface area (Å²) in [4.78, 5) is 0. The quantitative estimate of drug-likeness (QED) is 0.740. The first-order valence-electron chi connectivity index (χ1n) is 7.10. The van der Waals surface area contributed by atoms with Crippen molar-refractivity contribution in [3.05, 3.63) is 77.6 Å². The molecule has 2 heteroatoms. The fourth-order valence-corrected chi connectivity index (χ4v) is 3.57. The summed E-state index contributed by atoms with van der Waals surface area (Å²) in [5, 5.41) is 3.61. The molecule has 0 unspecified atom stereocenters. The lowest BCUT2D eigenvalue weighted by Crippen LogP contribution is -2.29. The predicted octanol–water partition coefficient (Wildman–Crippen LogP) is 4.65. The molecular weight excluding hydrogens is 249 g/mol. The van der Waals surface area contributed by atoms with Gasteiger partial charge in [0.25, 0.3) is 0 Å². The molecule has 0 spiro atoms. The van der Waals surface area contributed by atoms with E-state index in [0.29, 0.717) is 11.8 Å². The van der Waals surface area contributed by atoms with Gasteiger partial charge in [-0.2, -0.15) is 0 Å². The van der Waals surface area contributed by atoms with E-state index < -0.39 is 0 Å². The molecule has 1 nitrogen and oxygen atoms in total. The number of allylic oxidation sites excluding steroid dienone is 2. The van der Waals surface area contributed by atoms with Gasteiger partial charge in [-0.25, -0.2) is 4.39 Å². The van der Waals surface area contributed by atoms with Crippen LogP contribution in [-0.4, -0.2) is 0 Å². The van der Waals surface area contributed by atoms with Gasteiger partial charge >= 0.3 is 0 Å². The van der Waals surface area contributed by atoms with Crippen LogP contribution in [0, 0.1) is 11.7 Å². The molecule has 2 aromatic rings. The fraction of sp³-hybridized carbons (Fsp3) is 0.222. The Kier molecular flexibility index (Phi) is 2.62. The molecule has 1 aliphatic heterocycles. The van der Waals surface area contributed by atoms with Crippen LogP contribution < -0.4 is 5.32 Å². The summed E-state index contributed by atoms with van der Waals surface area (Å²) in [6, 6.07) is 15.6. The molecule has 2 aromatic carbocycles. The van der Waals surface area contributed by atoms with Crippen molar-refractivity contribution in [2.24, 2.45) is 5.92 Å². The van der Waals surface area contributed by atoms with E-state index in [1.54, 1.807) is 12.1 Å². The zero-order valence-electron chi connectivity index (χ0n) is 11.1. The minimum absolute atomic E-state index is 0.161. The van der Waals surface area contributed by atoms with E-state index >= 15 is 0 Å². The van der Waals surface area contributed by atoms with Gasteiger partial charge in [0, 0.05) is 11.6 Å². The zero-order chi connectivity index (χ0) is 13.5. The molecule has 0 radical (unpaired) electrons. The Morgan fingerprint density at radius 3 is 2.85 bits per heavy atom. The number of para-hydroxylation sites is 1. The third kappa shape index (κ3) is 1.75. The van der Waals surface area contributed by atoms with E-state index in [-0.39, 0.29) is 11.9 Å². The van der Waals surface area contributed by atoms with Crippen molar-refractivity contribution < 1.29 is 4.39 Å². The molecule has 1 N–H and O–H groups in total. The summed E-state index contributed by atoms with van der Waals surface area (Å²) in [5.74, 6) is 0.762. The van der Waals surface area contributed by atoms with Crippen molar-refractivity contribution in [3.8, 4) is 0 Å². The van der Waals surface area contributed by atoms with Crippen LogP contribution in [0.2, 0.25) is 0 Å². The SMILES string of the molecule is Fc1cccc([C@@H]2Nc3ccccc3[C@H]3C=CC[C@@H]32)c1. The summed E-state index contributed by atoms with van der Waals surface area (Å²) in [5.41, 5.74) is 3.58. The van der Waals surface area contributed by atoms with Crippen molar-refractivity contribution in [3.63, 3.8) is 0 Å². The monoisotopic (exact) mass is 265 g/mol. The predicted molar refractivity (Wildman–Crippen MR) is 79.2 cm³/mol. The minimum Gasteiger partial charge on any atom is -0.378 e. The number of hydrogen-bond donors (Lipinski definition) is 1. The molecule has 2 aliphatic rings. The Balaban J connectivity index is 1.80. The van der Waals surface area contributed by atoms with Gasteiger partial charge in [0.2, 0.25) is 0 Å². The Morgan fingerprint density at radius 2 is 1.95 bits per heavy atom. The van der Waals surface area contributed by atoms with Gasteiger partial charge in [0.15, 0.2) is 0 Å². The van der Waals surface area contributed by atoms with Crippen LogP contribution in [0.4, 0.5) is 10.1 Å². The van der Waals surface area contributed by atoms with Gasteiger partial charge in [0.1, 0.15) is 5.82 Å². The van der Waals surface area contributed by atoms with Gasteiger partial charge in [-0.1, -0.05) is 42.5 Å². The van der Waals surface area contributed by atoms with Gasteiger partial charge in [0.05, 0.1) is 6.04 Å². The molecule has 0 saturated heterocycles. The summed E-state index contributed by atoms with van der Waals surface area (Å²) < 4.78 is 13.5. The first kappa shape index (κ1) is 11.7. The second-order valence-electron chi connectivity index (χ2n) is 5.62. The van der Waals surface area contributed by atoms with E-state index in [1.165, 1.54) is 17.3 Å². The first-order chi connectivity index (χ1) is 9.83. The van der Waals surface area contributed by atoms with Crippen molar-refractivity contribution in [2.75, 3.05) is 5.32 Å². The average molecular weight is 265 g/mol. The highest BCUT2D eigenvalue weighted by molar-refractivity contribution is 5.59. The number of rotatable bonds is 1. The lowest BCUT2D eigenvalue weighted by atomic mass is 9.77.